The first-order valence-corrected chi connectivity index (χ1v) is 5.45. The molecular formula is C12H15N3O2. The van der Waals surface area contributed by atoms with Gasteiger partial charge in [0.2, 0.25) is 0 Å². The molecule has 0 aliphatic heterocycles. The van der Waals surface area contributed by atoms with Gasteiger partial charge in [-0.25, -0.2) is 9.97 Å². The number of nitrogen functional groups attached to an aromatic ring is 1. The van der Waals surface area contributed by atoms with E-state index in [0.717, 1.165) is 16.7 Å². The lowest BCUT2D eigenvalue weighted by molar-refractivity contribution is 0.287. The Labute approximate surface area is 99.3 Å². The molecule has 0 aliphatic rings. The van der Waals surface area contributed by atoms with Crippen molar-refractivity contribution < 1.29 is 9.84 Å². The van der Waals surface area contributed by atoms with Crippen LogP contribution in [0.3, 0.4) is 0 Å². The smallest absolute Gasteiger partial charge is 0.135 e. The van der Waals surface area contributed by atoms with E-state index in [4.69, 9.17) is 15.6 Å². The Morgan fingerprint density at radius 3 is 2.88 bits per heavy atom. The van der Waals surface area contributed by atoms with E-state index in [9.17, 15) is 0 Å². The molecule has 90 valence electrons. The summed E-state index contributed by atoms with van der Waals surface area (Å²) in [5.41, 5.74) is 6.63. The van der Waals surface area contributed by atoms with Crippen LogP contribution in [0.25, 0.3) is 10.9 Å². The van der Waals surface area contributed by atoms with E-state index in [1.54, 1.807) is 7.11 Å². The summed E-state index contributed by atoms with van der Waals surface area (Å²) in [5.74, 6) is 1.85. The highest BCUT2D eigenvalue weighted by Crippen LogP contribution is 2.22. The minimum atomic E-state index is 0.124. The second-order valence-corrected chi connectivity index (χ2v) is 3.74. The second kappa shape index (κ2) is 4.97. The third-order valence-corrected chi connectivity index (χ3v) is 2.54. The molecule has 0 saturated carbocycles. The van der Waals surface area contributed by atoms with Crippen molar-refractivity contribution in [1.82, 2.24) is 9.97 Å². The zero-order valence-corrected chi connectivity index (χ0v) is 9.68. The predicted octanol–water partition coefficient (Wildman–Crippen LogP) is 1.15. The van der Waals surface area contributed by atoms with Crippen molar-refractivity contribution >= 4 is 16.7 Å². The maximum Gasteiger partial charge on any atom is 0.135 e. The van der Waals surface area contributed by atoms with Crippen molar-refractivity contribution in [3.8, 4) is 5.75 Å². The van der Waals surface area contributed by atoms with Gasteiger partial charge in [-0.05, 0) is 18.6 Å². The molecule has 0 fully saturated rings. The van der Waals surface area contributed by atoms with Gasteiger partial charge >= 0.3 is 0 Å². The largest absolute Gasteiger partial charge is 0.497 e. The summed E-state index contributed by atoms with van der Waals surface area (Å²) in [4.78, 5) is 8.61. The van der Waals surface area contributed by atoms with Crippen molar-refractivity contribution in [2.24, 2.45) is 0 Å². The average Bonchev–Trinajstić information content (AvgIpc) is 2.35. The highest BCUT2D eigenvalue weighted by Gasteiger charge is 2.06. The quantitative estimate of drug-likeness (QED) is 0.827. The topological polar surface area (TPSA) is 81.3 Å². The fourth-order valence-electron chi connectivity index (χ4n) is 1.66. The lowest BCUT2D eigenvalue weighted by atomic mass is 10.2. The van der Waals surface area contributed by atoms with Crippen LogP contribution in [-0.2, 0) is 6.42 Å². The van der Waals surface area contributed by atoms with E-state index >= 15 is 0 Å². The van der Waals surface area contributed by atoms with Gasteiger partial charge in [0.15, 0.2) is 0 Å². The van der Waals surface area contributed by atoms with Crippen molar-refractivity contribution in [1.29, 1.82) is 0 Å². The van der Waals surface area contributed by atoms with Gasteiger partial charge in [0.25, 0.3) is 0 Å². The van der Waals surface area contributed by atoms with Gasteiger partial charge in [-0.15, -0.1) is 0 Å². The monoisotopic (exact) mass is 233 g/mol. The van der Waals surface area contributed by atoms with Crippen LogP contribution in [0.4, 0.5) is 5.82 Å². The first-order chi connectivity index (χ1) is 8.24. The highest BCUT2D eigenvalue weighted by atomic mass is 16.5. The van der Waals surface area contributed by atoms with Crippen molar-refractivity contribution in [3.05, 3.63) is 24.0 Å². The summed E-state index contributed by atoms with van der Waals surface area (Å²) in [5, 5.41) is 9.60. The number of aryl methyl sites for hydroxylation is 1. The van der Waals surface area contributed by atoms with Crippen LogP contribution in [0, 0.1) is 0 Å². The number of rotatable bonds is 4. The van der Waals surface area contributed by atoms with Gasteiger partial charge in [0.05, 0.1) is 12.6 Å². The van der Waals surface area contributed by atoms with E-state index in [1.807, 2.05) is 18.2 Å². The number of hydrogen-bond acceptors (Lipinski definition) is 5. The molecule has 0 aliphatic carbocycles. The van der Waals surface area contributed by atoms with Crippen molar-refractivity contribution in [2.45, 2.75) is 12.8 Å². The molecule has 0 bridgehead atoms. The Kier molecular flexibility index (Phi) is 3.39. The molecule has 2 rings (SSSR count). The number of fused-ring (bicyclic) bond motifs is 1. The lowest BCUT2D eigenvalue weighted by Crippen LogP contribution is -2.02. The molecule has 5 nitrogen and oxygen atoms in total. The lowest BCUT2D eigenvalue weighted by Gasteiger charge is -2.06. The molecule has 0 unspecified atom stereocenters. The molecule has 0 amide bonds. The maximum absolute atomic E-state index is 8.79. The van der Waals surface area contributed by atoms with Crippen LogP contribution in [0.1, 0.15) is 12.2 Å². The summed E-state index contributed by atoms with van der Waals surface area (Å²) in [6, 6.07) is 5.50. The number of benzene rings is 1. The zero-order valence-electron chi connectivity index (χ0n) is 9.68. The van der Waals surface area contributed by atoms with Crippen LogP contribution in [0.5, 0.6) is 5.75 Å². The minimum absolute atomic E-state index is 0.124. The number of hydrogen-bond donors (Lipinski definition) is 2. The van der Waals surface area contributed by atoms with E-state index in [0.29, 0.717) is 24.5 Å². The summed E-state index contributed by atoms with van der Waals surface area (Å²) in [6.07, 6.45) is 1.25. The third kappa shape index (κ3) is 2.45. The van der Waals surface area contributed by atoms with Gasteiger partial charge in [-0.2, -0.15) is 0 Å². The molecule has 0 saturated heterocycles. The molecule has 5 heteroatoms. The van der Waals surface area contributed by atoms with E-state index in [-0.39, 0.29) is 6.61 Å². The van der Waals surface area contributed by atoms with E-state index in [1.165, 1.54) is 0 Å². The van der Waals surface area contributed by atoms with Gasteiger partial charge in [-0.3, -0.25) is 0 Å². The Bertz CT molecular complexity index is 528. The molecule has 2 aromatic rings. The van der Waals surface area contributed by atoms with Crippen molar-refractivity contribution in [2.75, 3.05) is 19.5 Å². The Morgan fingerprint density at radius 1 is 1.35 bits per heavy atom. The van der Waals surface area contributed by atoms with Crippen LogP contribution < -0.4 is 10.5 Å². The Morgan fingerprint density at radius 2 is 2.18 bits per heavy atom. The second-order valence-electron chi connectivity index (χ2n) is 3.74. The fourth-order valence-corrected chi connectivity index (χ4v) is 1.66. The molecule has 1 aromatic carbocycles. The number of methoxy groups -OCH3 is 1. The fraction of sp³-hybridized carbons (Fsp3) is 0.333. The molecule has 3 N–H and O–H groups in total. The van der Waals surface area contributed by atoms with Crippen LogP contribution >= 0.6 is 0 Å². The summed E-state index contributed by atoms with van der Waals surface area (Å²) < 4.78 is 5.14. The van der Waals surface area contributed by atoms with Gasteiger partial charge < -0.3 is 15.6 Å². The number of aliphatic hydroxyl groups excluding tert-OH is 1. The Hall–Kier alpha value is -1.88. The zero-order chi connectivity index (χ0) is 12.3. The first-order valence-electron chi connectivity index (χ1n) is 5.45. The molecule has 0 radical (unpaired) electrons. The molecule has 1 heterocycles. The number of aromatic nitrogens is 2. The predicted molar refractivity (Wildman–Crippen MR) is 65.9 cm³/mol. The molecule has 0 atom stereocenters. The van der Waals surface area contributed by atoms with Crippen LogP contribution in [-0.4, -0.2) is 28.8 Å². The Balaban J connectivity index is 2.46. The van der Waals surface area contributed by atoms with Gasteiger partial charge in [0.1, 0.15) is 17.4 Å². The average molecular weight is 233 g/mol. The summed E-state index contributed by atoms with van der Waals surface area (Å²) in [7, 11) is 1.61. The van der Waals surface area contributed by atoms with Gasteiger partial charge in [0, 0.05) is 24.5 Å². The minimum Gasteiger partial charge on any atom is -0.497 e. The van der Waals surface area contributed by atoms with E-state index in [2.05, 4.69) is 9.97 Å². The van der Waals surface area contributed by atoms with Gasteiger partial charge in [-0.1, -0.05) is 0 Å². The standard InChI is InChI=1S/C12H15N3O2/c1-17-8-4-5-9-10(7-8)14-11(3-2-6-16)15-12(9)13/h4-5,7,16H,2-3,6H2,1H3,(H2,13,14,15). The molecule has 0 spiro atoms. The summed E-state index contributed by atoms with van der Waals surface area (Å²) in [6.45, 7) is 0.124. The normalized spacial score (nSPS) is 10.7. The summed E-state index contributed by atoms with van der Waals surface area (Å²) >= 11 is 0. The molecular weight excluding hydrogens is 218 g/mol. The molecule has 1 aromatic heterocycles. The van der Waals surface area contributed by atoms with Crippen LogP contribution in [0.2, 0.25) is 0 Å². The van der Waals surface area contributed by atoms with Crippen LogP contribution in [0.15, 0.2) is 18.2 Å². The first kappa shape index (κ1) is 11.6. The maximum atomic E-state index is 8.79. The van der Waals surface area contributed by atoms with E-state index < -0.39 is 0 Å². The highest BCUT2D eigenvalue weighted by molar-refractivity contribution is 5.88. The van der Waals surface area contributed by atoms with Crippen molar-refractivity contribution in [3.63, 3.8) is 0 Å². The SMILES string of the molecule is COc1ccc2c(N)nc(CCCO)nc2c1. The number of aliphatic hydroxyl groups is 1. The number of ether oxygens (including phenoxy) is 1. The number of anilines is 1. The number of nitrogens with zero attached hydrogens (tertiary/aromatic N) is 2. The third-order valence-electron chi connectivity index (χ3n) is 2.54. The number of nitrogens with two attached hydrogens (primary N) is 1. The molecule has 17 heavy (non-hydrogen) atoms.